The molecule has 7 nitrogen and oxygen atoms in total. The molecule has 0 spiro atoms. The summed E-state index contributed by atoms with van der Waals surface area (Å²) >= 11 is 0. The number of carbonyl (C=O) groups is 3. The van der Waals surface area contributed by atoms with Gasteiger partial charge in [0.05, 0.1) is 0 Å². The third-order valence-electron chi connectivity index (χ3n) is 10.7. The highest BCUT2D eigenvalue weighted by Gasteiger charge is 2.19. The zero-order valence-corrected chi connectivity index (χ0v) is 34.7. The van der Waals surface area contributed by atoms with Crippen molar-refractivity contribution < 1.29 is 24.2 Å². The molecule has 52 heavy (non-hydrogen) atoms. The Hall–Kier alpha value is -1.63. The largest absolute Gasteiger partial charge is 0.480 e. The standard InChI is InChI=1S/C45H88N2O5/c1-3-5-7-9-11-13-15-17-18-19-21-23-26-30-35-41(52-44(49)39-33-29-24-22-20-16-14-12-10-8-6-4-2)36-31-27-25-28-32-38-43(48)47-42(45(50)51)37-34-40-46/h41-42H,3-40,46H2,1-2H3,(H,47,48)(H,50,51). The van der Waals surface area contributed by atoms with E-state index in [4.69, 9.17) is 10.5 Å². The van der Waals surface area contributed by atoms with E-state index in [0.29, 0.717) is 32.2 Å². The first-order valence-corrected chi connectivity index (χ1v) is 22.9. The number of rotatable bonds is 42. The average Bonchev–Trinajstić information content (AvgIpc) is 3.13. The maximum Gasteiger partial charge on any atom is 0.326 e. The Morgan fingerprint density at radius 1 is 0.481 bits per heavy atom. The zero-order chi connectivity index (χ0) is 38.2. The summed E-state index contributed by atoms with van der Waals surface area (Å²) in [6, 6.07) is -0.852. The molecule has 2 unspecified atom stereocenters. The van der Waals surface area contributed by atoms with Crippen LogP contribution in [0.15, 0.2) is 0 Å². The van der Waals surface area contributed by atoms with E-state index in [-0.39, 0.29) is 18.0 Å². The predicted molar refractivity (Wildman–Crippen MR) is 221 cm³/mol. The van der Waals surface area contributed by atoms with Crippen LogP contribution in [-0.2, 0) is 19.1 Å². The van der Waals surface area contributed by atoms with Crippen LogP contribution in [0.3, 0.4) is 0 Å². The van der Waals surface area contributed by atoms with Crippen LogP contribution >= 0.6 is 0 Å². The smallest absolute Gasteiger partial charge is 0.326 e. The number of esters is 1. The second-order valence-electron chi connectivity index (χ2n) is 15.8. The third kappa shape index (κ3) is 36.7. The van der Waals surface area contributed by atoms with Crippen molar-refractivity contribution in [2.24, 2.45) is 5.73 Å². The van der Waals surface area contributed by atoms with Gasteiger partial charge in [0.25, 0.3) is 0 Å². The van der Waals surface area contributed by atoms with Crippen molar-refractivity contribution in [3.63, 3.8) is 0 Å². The van der Waals surface area contributed by atoms with Crippen LogP contribution in [0.2, 0.25) is 0 Å². The van der Waals surface area contributed by atoms with Crippen molar-refractivity contribution in [2.75, 3.05) is 6.54 Å². The van der Waals surface area contributed by atoms with Crippen molar-refractivity contribution in [3.8, 4) is 0 Å². The number of aliphatic carboxylic acids is 1. The summed E-state index contributed by atoms with van der Waals surface area (Å²) in [7, 11) is 0. The lowest BCUT2D eigenvalue weighted by molar-refractivity contribution is -0.150. The van der Waals surface area contributed by atoms with Gasteiger partial charge in [-0.3, -0.25) is 9.59 Å². The minimum Gasteiger partial charge on any atom is -0.480 e. The number of amides is 1. The Labute approximate surface area is 322 Å². The lowest BCUT2D eigenvalue weighted by atomic mass is 10.0. The van der Waals surface area contributed by atoms with Gasteiger partial charge in [-0.2, -0.15) is 0 Å². The Kier molecular flexibility index (Phi) is 39.3. The molecule has 0 aromatic heterocycles. The molecule has 0 saturated carbocycles. The van der Waals surface area contributed by atoms with Gasteiger partial charge in [0, 0.05) is 12.8 Å². The maximum absolute atomic E-state index is 12.8. The zero-order valence-electron chi connectivity index (χ0n) is 34.7. The first kappa shape index (κ1) is 50.4. The molecule has 1 amide bonds. The van der Waals surface area contributed by atoms with Crippen molar-refractivity contribution in [1.82, 2.24) is 5.32 Å². The molecule has 0 bridgehead atoms. The van der Waals surface area contributed by atoms with E-state index >= 15 is 0 Å². The van der Waals surface area contributed by atoms with Crippen LogP contribution < -0.4 is 11.1 Å². The van der Waals surface area contributed by atoms with Gasteiger partial charge >= 0.3 is 11.9 Å². The molecule has 2 atom stereocenters. The van der Waals surface area contributed by atoms with Gasteiger partial charge in [0.15, 0.2) is 0 Å². The minimum atomic E-state index is -1.000. The normalized spacial score (nSPS) is 12.5. The van der Waals surface area contributed by atoms with E-state index in [2.05, 4.69) is 19.2 Å². The minimum absolute atomic E-state index is 0.0143. The lowest BCUT2D eigenvalue weighted by Crippen LogP contribution is -2.40. The number of unbranched alkanes of at least 4 members (excludes halogenated alkanes) is 28. The quantitative estimate of drug-likeness (QED) is 0.0424. The summed E-state index contributed by atoms with van der Waals surface area (Å²) < 4.78 is 6.06. The molecular formula is C45H88N2O5. The van der Waals surface area contributed by atoms with Crippen LogP contribution in [0, 0.1) is 0 Å². The van der Waals surface area contributed by atoms with E-state index in [0.717, 1.165) is 64.2 Å². The van der Waals surface area contributed by atoms with Gasteiger partial charge in [-0.25, -0.2) is 4.79 Å². The number of carboxylic acid groups (broad SMARTS) is 1. The lowest BCUT2D eigenvalue weighted by Gasteiger charge is -2.18. The maximum atomic E-state index is 12.8. The molecule has 7 heteroatoms. The highest BCUT2D eigenvalue weighted by Crippen LogP contribution is 2.19. The molecule has 0 aliphatic carbocycles. The van der Waals surface area contributed by atoms with E-state index < -0.39 is 12.0 Å². The molecule has 0 aliphatic heterocycles. The predicted octanol–water partition coefficient (Wildman–Crippen LogP) is 12.9. The molecule has 4 N–H and O–H groups in total. The summed E-state index contributed by atoms with van der Waals surface area (Å²) in [5.41, 5.74) is 5.49. The number of hydrogen-bond donors (Lipinski definition) is 3. The number of nitrogens with one attached hydrogen (secondary N) is 1. The molecule has 0 saturated heterocycles. The fourth-order valence-corrected chi connectivity index (χ4v) is 7.22. The van der Waals surface area contributed by atoms with Gasteiger partial charge in [-0.1, -0.05) is 187 Å². The van der Waals surface area contributed by atoms with E-state index in [1.54, 1.807) is 0 Å². The fourth-order valence-electron chi connectivity index (χ4n) is 7.22. The number of nitrogens with two attached hydrogens (primary N) is 1. The Morgan fingerprint density at radius 3 is 1.19 bits per heavy atom. The van der Waals surface area contributed by atoms with Crippen LogP contribution in [0.25, 0.3) is 0 Å². The van der Waals surface area contributed by atoms with Gasteiger partial charge < -0.3 is 20.9 Å². The van der Waals surface area contributed by atoms with E-state index in [1.165, 1.54) is 148 Å². The molecule has 0 aromatic rings. The second-order valence-corrected chi connectivity index (χ2v) is 15.8. The van der Waals surface area contributed by atoms with E-state index in [1.807, 2.05) is 0 Å². The van der Waals surface area contributed by atoms with Crippen molar-refractivity contribution in [1.29, 1.82) is 0 Å². The third-order valence-corrected chi connectivity index (χ3v) is 10.7. The molecule has 0 aromatic carbocycles. The van der Waals surface area contributed by atoms with Gasteiger partial charge in [0.1, 0.15) is 12.1 Å². The summed E-state index contributed by atoms with van der Waals surface area (Å²) in [4.78, 5) is 36.4. The SMILES string of the molecule is CCCCCCCCCCCCCCCCC(CCCCCCCC(=O)NC(CCCN)C(=O)O)OC(=O)CCCCCCCCCCCCCC. The first-order valence-electron chi connectivity index (χ1n) is 22.9. The van der Waals surface area contributed by atoms with Crippen molar-refractivity contribution in [3.05, 3.63) is 0 Å². The Morgan fingerprint density at radius 2 is 0.827 bits per heavy atom. The number of carbonyl (C=O) groups excluding carboxylic acids is 2. The van der Waals surface area contributed by atoms with Crippen LogP contribution in [0.1, 0.15) is 251 Å². The first-order chi connectivity index (χ1) is 25.4. The molecule has 0 fully saturated rings. The van der Waals surface area contributed by atoms with Crippen molar-refractivity contribution in [2.45, 2.75) is 264 Å². The van der Waals surface area contributed by atoms with E-state index in [9.17, 15) is 19.5 Å². The average molecular weight is 737 g/mol. The van der Waals surface area contributed by atoms with Crippen LogP contribution in [0.4, 0.5) is 0 Å². The van der Waals surface area contributed by atoms with Crippen LogP contribution in [0.5, 0.6) is 0 Å². The molecule has 0 aliphatic rings. The summed E-state index contributed by atoms with van der Waals surface area (Å²) in [5.74, 6) is -1.21. The molecular weight excluding hydrogens is 649 g/mol. The summed E-state index contributed by atoms with van der Waals surface area (Å²) in [5, 5.41) is 11.9. The monoisotopic (exact) mass is 737 g/mol. The van der Waals surface area contributed by atoms with Gasteiger partial charge in [0.2, 0.25) is 5.91 Å². The highest BCUT2D eigenvalue weighted by molar-refractivity contribution is 5.83. The van der Waals surface area contributed by atoms with Gasteiger partial charge in [-0.05, 0) is 57.9 Å². The second kappa shape index (κ2) is 40.6. The number of hydrogen-bond acceptors (Lipinski definition) is 5. The number of carboxylic acids is 1. The molecule has 308 valence electrons. The van der Waals surface area contributed by atoms with Crippen molar-refractivity contribution >= 4 is 17.8 Å². The van der Waals surface area contributed by atoms with Crippen LogP contribution in [-0.4, -0.2) is 41.6 Å². The Balaban J connectivity index is 4.28. The summed E-state index contributed by atoms with van der Waals surface area (Å²) in [6.45, 7) is 4.97. The highest BCUT2D eigenvalue weighted by atomic mass is 16.5. The molecule has 0 heterocycles. The van der Waals surface area contributed by atoms with Gasteiger partial charge in [-0.15, -0.1) is 0 Å². The topological polar surface area (TPSA) is 119 Å². The fraction of sp³-hybridized carbons (Fsp3) is 0.933. The number of ether oxygens (including phenoxy) is 1. The molecule has 0 rings (SSSR count). The summed E-state index contributed by atoms with van der Waals surface area (Å²) in [6.07, 6.45) is 42.9. The Bertz CT molecular complexity index is 792. The molecule has 0 radical (unpaired) electrons.